The zero-order valence-corrected chi connectivity index (χ0v) is 21.3. The van der Waals surface area contributed by atoms with Crippen molar-refractivity contribution in [3.05, 3.63) is 76.3 Å². The normalized spacial score (nSPS) is 11.9. The molecule has 0 amide bonds. The molecule has 0 bridgehead atoms. The number of benzene rings is 3. The Morgan fingerprint density at radius 2 is 1.69 bits per heavy atom. The Bertz CT molecular complexity index is 1340. The Labute approximate surface area is 211 Å². The highest BCUT2D eigenvalue weighted by atomic mass is 79.9. The fraction of sp³-hybridized carbons (Fsp3) is 0.259. The Morgan fingerprint density at radius 1 is 0.943 bits per heavy atom. The fourth-order valence-electron chi connectivity index (χ4n) is 4.01. The third-order valence-corrected chi connectivity index (χ3v) is 6.22. The molecule has 8 heteroatoms. The van der Waals surface area contributed by atoms with Crippen LogP contribution in [-0.2, 0) is 6.18 Å². The van der Waals surface area contributed by atoms with Gasteiger partial charge in [-0.15, -0.1) is 0 Å². The number of aromatic nitrogens is 2. The van der Waals surface area contributed by atoms with Crippen LogP contribution in [0.4, 0.5) is 19.0 Å². The molecule has 0 aliphatic carbocycles. The highest BCUT2D eigenvalue weighted by molar-refractivity contribution is 9.10. The summed E-state index contributed by atoms with van der Waals surface area (Å²) in [6, 6.07) is 17.8. The molecule has 1 N–H and O–H groups in total. The minimum atomic E-state index is -4.47. The second kappa shape index (κ2) is 10.3. The first-order valence-corrected chi connectivity index (χ1v) is 12.1. The number of hydrogen-bond acceptors (Lipinski definition) is 4. The Balaban J connectivity index is 1.87. The van der Waals surface area contributed by atoms with Gasteiger partial charge in [0.2, 0.25) is 0 Å². The van der Waals surface area contributed by atoms with Crippen molar-refractivity contribution in [3.8, 4) is 22.5 Å². The van der Waals surface area contributed by atoms with Gasteiger partial charge in [-0.1, -0.05) is 52.3 Å². The highest BCUT2D eigenvalue weighted by Gasteiger charge is 2.31. The molecule has 0 atom stereocenters. The minimum Gasteiger partial charge on any atom is -0.369 e. The van der Waals surface area contributed by atoms with Crippen LogP contribution >= 0.6 is 15.9 Å². The van der Waals surface area contributed by atoms with Crippen LogP contribution in [0.3, 0.4) is 0 Å². The number of nitrogens with zero attached hydrogens (tertiary/aromatic N) is 3. The molecule has 0 radical (unpaired) electrons. The molecule has 0 aliphatic rings. The lowest BCUT2D eigenvalue weighted by molar-refractivity contribution is -0.137. The van der Waals surface area contributed by atoms with E-state index in [2.05, 4.69) is 31.1 Å². The summed E-state index contributed by atoms with van der Waals surface area (Å²) in [5.74, 6) is 0.854. The number of hydrogen-bond donors (Lipinski definition) is 1. The van der Waals surface area contributed by atoms with E-state index >= 15 is 0 Å². The molecule has 35 heavy (non-hydrogen) atoms. The van der Waals surface area contributed by atoms with Gasteiger partial charge in [-0.2, -0.15) is 13.2 Å². The van der Waals surface area contributed by atoms with Gasteiger partial charge in [0, 0.05) is 22.0 Å². The average molecular weight is 543 g/mol. The molecule has 0 spiro atoms. The zero-order chi connectivity index (χ0) is 25.2. The van der Waals surface area contributed by atoms with Crippen LogP contribution in [0, 0.1) is 6.92 Å². The van der Waals surface area contributed by atoms with Gasteiger partial charge in [-0.05, 0) is 74.9 Å². The Hall–Kier alpha value is -2.97. The van der Waals surface area contributed by atoms with Crippen LogP contribution in [0.5, 0.6) is 0 Å². The lowest BCUT2D eigenvalue weighted by atomic mass is 9.97. The summed E-state index contributed by atoms with van der Waals surface area (Å²) in [4.78, 5) is 11.5. The van der Waals surface area contributed by atoms with E-state index in [4.69, 9.17) is 4.98 Å². The highest BCUT2D eigenvalue weighted by Crippen LogP contribution is 2.36. The minimum absolute atomic E-state index is 0.243. The standard InChI is InChI=1S/C27H26BrF3N4/c1-17-22(18-8-5-4-6-9-18)10-11-23-24(17)33-25(34-26(23)32-12-7-13-35(2)3)19-14-20(27(29,30)31)16-21(28)15-19/h4-6,8-11,14-16H,7,12-13H2,1-3H3,(H,32,33,34). The van der Waals surface area contributed by atoms with Crippen LogP contribution in [-0.4, -0.2) is 42.1 Å². The average Bonchev–Trinajstić information content (AvgIpc) is 2.81. The number of halogens is 4. The first-order valence-electron chi connectivity index (χ1n) is 11.3. The molecule has 3 aromatic carbocycles. The van der Waals surface area contributed by atoms with Crippen molar-refractivity contribution in [3.63, 3.8) is 0 Å². The predicted molar refractivity (Wildman–Crippen MR) is 140 cm³/mol. The summed E-state index contributed by atoms with van der Waals surface area (Å²) in [6.45, 7) is 3.56. The molecule has 0 saturated carbocycles. The van der Waals surface area contributed by atoms with E-state index in [9.17, 15) is 13.2 Å². The molecule has 1 aromatic heterocycles. The van der Waals surface area contributed by atoms with Crippen molar-refractivity contribution in [2.75, 3.05) is 32.5 Å². The molecular weight excluding hydrogens is 517 g/mol. The Kier molecular flexibility index (Phi) is 7.42. The van der Waals surface area contributed by atoms with Crippen molar-refractivity contribution < 1.29 is 13.2 Å². The first kappa shape index (κ1) is 25.1. The quantitative estimate of drug-likeness (QED) is 0.247. The summed E-state index contributed by atoms with van der Waals surface area (Å²) >= 11 is 3.22. The van der Waals surface area contributed by atoms with Gasteiger partial charge in [0.15, 0.2) is 5.82 Å². The van der Waals surface area contributed by atoms with Crippen molar-refractivity contribution in [2.24, 2.45) is 0 Å². The number of fused-ring (bicyclic) bond motifs is 1. The van der Waals surface area contributed by atoms with E-state index in [1.165, 1.54) is 0 Å². The van der Waals surface area contributed by atoms with E-state index in [1.807, 2.05) is 63.5 Å². The number of rotatable bonds is 7. The smallest absolute Gasteiger partial charge is 0.369 e. The maximum atomic E-state index is 13.5. The van der Waals surface area contributed by atoms with Crippen LogP contribution in [0.2, 0.25) is 0 Å². The number of alkyl halides is 3. The summed E-state index contributed by atoms with van der Waals surface area (Å²) in [6.07, 6.45) is -3.58. The number of anilines is 1. The van der Waals surface area contributed by atoms with Crippen LogP contribution < -0.4 is 5.32 Å². The van der Waals surface area contributed by atoms with Gasteiger partial charge >= 0.3 is 6.18 Å². The van der Waals surface area contributed by atoms with Gasteiger partial charge in [-0.3, -0.25) is 0 Å². The maximum absolute atomic E-state index is 13.5. The molecular formula is C27H26BrF3N4. The van der Waals surface area contributed by atoms with E-state index in [0.717, 1.165) is 47.2 Å². The molecule has 4 aromatic rings. The van der Waals surface area contributed by atoms with Crippen LogP contribution in [0.15, 0.2) is 65.1 Å². The van der Waals surface area contributed by atoms with E-state index < -0.39 is 11.7 Å². The largest absolute Gasteiger partial charge is 0.416 e. The predicted octanol–water partition coefficient (Wildman–Crippen LogP) is 7.42. The van der Waals surface area contributed by atoms with Gasteiger partial charge in [0.05, 0.1) is 11.1 Å². The molecule has 0 saturated heterocycles. The third-order valence-electron chi connectivity index (χ3n) is 5.76. The summed E-state index contributed by atoms with van der Waals surface area (Å²) < 4.78 is 40.8. The van der Waals surface area contributed by atoms with Gasteiger partial charge < -0.3 is 10.2 Å². The molecule has 0 fully saturated rings. The summed E-state index contributed by atoms with van der Waals surface area (Å²) in [5, 5.41) is 4.22. The van der Waals surface area contributed by atoms with Crippen molar-refractivity contribution in [2.45, 2.75) is 19.5 Å². The second-order valence-electron chi connectivity index (χ2n) is 8.71. The second-order valence-corrected chi connectivity index (χ2v) is 9.62. The Morgan fingerprint density at radius 3 is 2.37 bits per heavy atom. The van der Waals surface area contributed by atoms with Crippen molar-refractivity contribution in [1.82, 2.24) is 14.9 Å². The van der Waals surface area contributed by atoms with Crippen LogP contribution in [0.25, 0.3) is 33.4 Å². The third kappa shape index (κ3) is 5.82. The van der Waals surface area contributed by atoms with Crippen LogP contribution in [0.1, 0.15) is 17.5 Å². The maximum Gasteiger partial charge on any atom is 0.416 e. The SMILES string of the molecule is Cc1c(-c2ccccc2)ccc2c(NCCCN(C)C)nc(-c3cc(Br)cc(C(F)(F)F)c3)nc12. The summed E-state index contributed by atoms with van der Waals surface area (Å²) in [5.41, 5.74) is 3.27. The van der Waals surface area contributed by atoms with Gasteiger partial charge in [0.25, 0.3) is 0 Å². The number of nitrogens with one attached hydrogen (secondary N) is 1. The lowest BCUT2D eigenvalue weighted by Crippen LogP contribution is -2.17. The molecule has 0 aliphatic heterocycles. The molecule has 0 unspecified atom stereocenters. The lowest BCUT2D eigenvalue weighted by Gasteiger charge is -2.16. The molecule has 1 heterocycles. The van der Waals surface area contributed by atoms with E-state index in [-0.39, 0.29) is 5.82 Å². The monoisotopic (exact) mass is 542 g/mol. The van der Waals surface area contributed by atoms with Crippen molar-refractivity contribution >= 4 is 32.7 Å². The molecule has 182 valence electrons. The van der Waals surface area contributed by atoms with E-state index in [1.54, 1.807) is 6.07 Å². The van der Waals surface area contributed by atoms with Gasteiger partial charge in [0.1, 0.15) is 5.82 Å². The fourth-order valence-corrected chi connectivity index (χ4v) is 4.50. The first-order chi connectivity index (χ1) is 16.6. The molecule has 4 nitrogen and oxygen atoms in total. The zero-order valence-electron chi connectivity index (χ0n) is 19.7. The molecule has 4 rings (SSSR count). The number of aryl methyl sites for hydroxylation is 1. The topological polar surface area (TPSA) is 41.0 Å². The summed E-state index contributed by atoms with van der Waals surface area (Å²) in [7, 11) is 4.02. The van der Waals surface area contributed by atoms with Crippen molar-refractivity contribution in [1.29, 1.82) is 0 Å². The van der Waals surface area contributed by atoms with Gasteiger partial charge in [-0.25, -0.2) is 9.97 Å². The van der Waals surface area contributed by atoms with E-state index in [0.29, 0.717) is 27.9 Å².